The Labute approximate surface area is 108 Å². The molecule has 1 N–H and O–H groups in total. The molecule has 0 spiro atoms. The number of anilines is 1. The third-order valence-electron chi connectivity index (χ3n) is 3.16. The van der Waals surface area contributed by atoms with Crippen molar-refractivity contribution in [2.75, 3.05) is 5.32 Å². The standard InChI is InChI=1S/C14H21ClFN/c1-4-10(3)8-12(5-2)17-14-9-11(15)6-7-13(14)16/h6-7,9-10,12,17H,4-5,8H2,1-3H3. The van der Waals surface area contributed by atoms with Crippen molar-refractivity contribution in [2.24, 2.45) is 5.92 Å². The summed E-state index contributed by atoms with van der Waals surface area (Å²) in [6.07, 6.45) is 3.19. The predicted molar refractivity (Wildman–Crippen MR) is 73.2 cm³/mol. The van der Waals surface area contributed by atoms with Gasteiger partial charge in [0.25, 0.3) is 0 Å². The average molecular weight is 258 g/mol. The Kier molecular flexibility index (Phi) is 5.76. The zero-order chi connectivity index (χ0) is 12.8. The van der Waals surface area contributed by atoms with Crippen molar-refractivity contribution in [3.63, 3.8) is 0 Å². The molecule has 3 heteroatoms. The number of nitrogens with one attached hydrogen (secondary N) is 1. The first-order chi connectivity index (χ1) is 8.06. The minimum atomic E-state index is -0.239. The summed E-state index contributed by atoms with van der Waals surface area (Å²) in [6.45, 7) is 6.51. The maximum absolute atomic E-state index is 13.6. The molecule has 96 valence electrons. The molecule has 0 aromatic heterocycles. The highest BCUT2D eigenvalue weighted by atomic mass is 35.5. The summed E-state index contributed by atoms with van der Waals surface area (Å²) in [5.74, 6) is 0.409. The Morgan fingerprint density at radius 2 is 2.00 bits per heavy atom. The molecule has 0 saturated heterocycles. The van der Waals surface area contributed by atoms with Gasteiger partial charge in [-0.15, -0.1) is 0 Å². The van der Waals surface area contributed by atoms with E-state index in [1.807, 2.05) is 0 Å². The minimum absolute atomic E-state index is 0.239. The van der Waals surface area contributed by atoms with Crippen LogP contribution >= 0.6 is 11.6 Å². The largest absolute Gasteiger partial charge is 0.380 e. The van der Waals surface area contributed by atoms with Gasteiger partial charge in [-0.05, 0) is 37.0 Å². The third-order valence-corrected chi connectivity index (χ3v) is 3.40. The van der Waals surface area contributed by atoms with E-state index in [9.17, 15) is 4.39 Å². The van der Waals surface area contributed by atoms with E-state index < -0.39 is 0 Å². The zero-order valence-corrected chi connectivity index (χ0v) is 11.5. The molecule has 1 aromatic rings. The van der Waals surface area contributed by atoms with Crippen molar-refractivity contribution in [1.82, 2.24) is 0 Å². The lowest BCUT2D eigenvalue weighted by Gasteiger charge is -2.21. The molecule has 1 aromatic carbocycles. The molecular weight excluding hydrogens is 237 g/mol. The summed E-state index contributed by atoms with van der Waals surface area (Å²) in [7, 11) is 0. The lowest BCUT2D eigenvalue weighted by Crippen LogP contribution is -2.21. The molecule has 0 radical (unpaired) electrons. The van der Waals surface area contributed by atoms with Crippen molar-refractivity contribution in [2.45, 2.75) is 46.1 Å². The van der Waals surface area contributed by atoms with Crippen LogP contribution in [0.1, 0.15) is 40.0 Å². The molecule has 0 heterocycles. The van der Waals surface area contributed by atoms with E-state index in [-0.39, 0.29) is 5.82 Å². The molecule has 0 aliphatic rings. The monoisotopic (exact) mass is 257 g/mol. The Hall–Kier alpha value is -0.760. The summed E-state index contributed by atoms with van der Waals surface area (Å²) in [5, 5.41) is 3.81. The fourth-order valence-corrected chi connectivity index (χ4v) is 1.98. The Bertz CT molecular complexity index is 354. The van der Waals surface area contributed by atoms with Crippen molar-refractivity contribution >= 4 is 17.3 Å². The number of hydrogen-bond donors (Lipinski definition) is 1. The van der Waals surface area contributed by atoms with Crippen LogP contribution in [-0.4, -0.2) is 6.04 Å². The second kappa shape index (κ2) is 6.85. The van der Waals surface area contributed by atoms with Crippen molar-refractivity contribution in [3.8, 4) is 0 Å². The van der Waals surface area contributed by atoms with Crippen LogP contribution in [0, 0.1) is 11.7 Å². The van der Waals surface area contributed by atoms with E-state index in [0.717, 1.165) is 19.3 Å². The first kappa shape index (κ1) is 14.3. The number of halogens is 2. The molecule has 2 unspecified atom stereocenters. The Morgan fingerprint density at radius 1 is 1.29 bits per heavy atom. The second-order valence-corrected chi connectivity index (χ2v) is 5.06. The van der Waals surface area contributed by atoms with E-state index in [0.29, 0.717) is 22.7 Å². The minimum Gasteiger partial charge on any atom is -0.380 e. The molecule has 0 aliphatic heterocycles. The lowest BCUT2D eigenvalue weighted by molar-refractivity contribution is 0.460. The van der Waals surface area contributed by atoms with Gasteiger partial charge in [0.1, 0.15) is 5.82 Å². The van der Waals surface area contributed by atoms with Gasteiger partial charge in [-0.1, -0.05) is 38.8 Å². The van der Waals surface area contributed by atoms with Crippen LogP contribution < -0.4 is 5.32 Å². The molecule has 1 nitrogen and oxygen atoms in total. The van der Waals surface area contributed by atoms with E-state index >= 15 is 0 Å². The van der Waals surface area contributed by atoms with Crippen LogP contribution in [0.5, 0.6) is 0 Å². The zero-order valence-electron chi connectivity index (χ0n) is 10.8. The summed E-state index contributed by atoms with van der Waals surface area (Å²) in [5.41, 5.74) is 0.507. The maximum Gasteiger partial charge on any atom is 0.146 e. The topological polar surface area (TPSA) is 12.0 Å². The first-order valence-corrected chi connectivity index (χ1v) is 6.66. The normalized spacial score (nSPS) is 14.4. The highest BCUT2D eigenvalue weighted by molar-refractivity contribution is 6.30. The molecule has 0 amide bonds. The quantitative estimate of drug-likeness (QED) is 0.747. The van der Waals surface area contributed by atoms with Crippen LogP contribution in [0.4, 0.5) is 10.1 Å². The summed E-state index contributed by atoms with van der Waals surface area (Å²) >= 11 is 5.87. The predicted octanol–water partition coefficient (Wildman–Crippen LogP) is 5.11. The lowest BCUT2D eigenvalue weighted by atomic mass is 9.97. The van der Waals surface area contributed by atoms with Gasteiger partial charge in [-0.2, -0.15) is 0 Å². The first-order valence-electron chi connectivity index (χ1n) is 6.28. The molecule has 1 rings (SSSR count). The summed E-state index contributed by atoms with van der Waals surface area (Å²) in [4.78, 5) is 0. The summed E-state index contributed by atoms with van der Waals surface area (Å²) < 4.78 is 13.6. The van der Waals surface area contributed by atoms with Crippen molar-refractivity contribution < 1.29 is 4.39 Å². The van der Waals surface area contributed by atoms with E-state index in [4.69, 9.17) is 11.6 Å². The van der Waals surface area contributed by atoms with Crippen LogP contribution in [0.3, 0.4) is 0 Å². The smallest absolute Gasteiger partial charge is 0.146 e. The van der Waals surface area contributed by atoms with Crippen molar-refractivity contribution in [1.29, 1.82) is 0 Å². The number of rotatable bonds is 6. The fraction of sp³-hybridized carbons (Fsp3) is 0.571. The van der Waals surface area contributed by atoms with Gasteiger partial charge in [-0.25, -0.2) is 4.39 Å². The van der Waals surface area contributed by atoms with Gasteiger partial charge < -0.3 is 5.32 Å². The summed E-state index contributed by atoms with van der Waals surface area (Å²) in [6, 6.07) is 4.92. The number of benzene rings is 1. The molecular formula is C14H21ClFN. The van der Waals surface area contributed by atoms with Crippen LogP contribution in [0.2, 0.25) is 5.02 Å². The highest BCUT2D eigenvalue weighted by Crippen LogP contribution is 2.23. The maximum atomic E-state index is 13.6. The molecule has 0 saturated carbocycles. The van der Waals surface area contributed by atoms with E-state index in [1.165, 1.54) is 6.07 Å². The molecule has 17 heavy (non-hydrogen) atoms. The molecule has 0 bridgehead atoms. The molecule has 0 fully saturated rings. The van der Waals surface area contributed by atoms with Crippen LogP contribution in [0.25, 0.3) is 0 Å². The Balaban J connectivity index is 2.69. The van der Waals surface area contributed by atoms with E-state index in [1.54, 1.807) is 12.1 Å². The highest BCUT2D eigenvalue weighted by Gasteiger charge is 2.12. The van der Waals surface area contributed by atoms with Gasteiger partial charge in [-0.3, -0.25) is 0 Å². The third kappa shape index (κ3) is 4.55. The second-order valence-electron chi connectivity index (χ2n) is 4.62. The van der Waals surface area contributed by atoms with Gasteiger partial charge >= 0.3 is 0 Å². The number of hydrogen-bond acceptors (Lipinski definition) is 1. The van der Waals surface area contributed by atoms with Gasteiger partial charge in [0.15, 0.2) is 0 Å². The SMILES string of the molecule is CCC(C)CC(CC)Nc1cc(Cl)ccc1F. The van der Waals surface area contributed by atoms with Gasteiger partial charge in [0.05, 0.1) is 5.69 Å². The van der Waals surface area contributed by atoms with Gasteiger partial charge in [0.2, 0.25) is 0 Å². The fourth-order valence-electron chi connectivity index (χ4n) is 1.81. The van der Waals surface area contributed by atoms with E-state index in [2.05, 4.69) is 26.1 Å². The van der Waals surface area contributed by atoms with Crippen LogP contribution in [0.15, 0.2) is 18.2 Å². The average Bonchev–Trinajstić information content (AvgIpc) is 2.32. The van der Waals surface area contributed by atoms with Gasteiger partial charge in [0, 0.05) is 11.1 Å². The Morgan fingerprint density at radius 3 is 2.59 bits per heavy atom. The van der Waals surface area contributed by atoms with Crippen molar-refractivity contribution in [3.05, 3.63) is 29.0 Å². The molecule has 2 atom stereocenters. The van der Waals surface area contributed by atoms with Crippen LogP contribution in [-0.2, 0) is 0 Å². The molecule has 0 aliphatic carbocycles.